The van der Waals surface area contributed by atoms with Gasteiger partial charge in [-0.05, 0) is 74.0 Å². The third-order valence-electron chi connectivity index (χ3n) is 8.90. The molecule has 0 aliphatic heterocycles. The molecule has 0 radical (unpaired) electrons. The molecule has 0 aliphatic rings. The number of benzene rings is 7. The molecular weight excluding hydrogens is 610 g/mol. The second-order valence-corrected chi connectivity index (χ2v) is 12.1. The van der Waals surface area contributed by atoms with Gasteiger partial charge in [-0.3, -0.25) is 0 Å². The van der Waals surface area contributed by atoms with E-state index < -0.39 is 0 Å². The Morgan fingerprint density at radius 3 is 1.92 bits per heavy atom. The Bertz CT molecular complexity index is 2630. The number of aromatic nitrogens is 3. The third-order valence-corrected chi connectivity index (χ3v) is 9.07. The molecule has 0 saturated carbocycles. The summed E-state index contributed by atoms with van der Waals surface area (Å²) in [6.45, 7) is 0. The summed E-state index contributed by atoms with van der Waals surface area (Å²) < 4.78 is 6.64. The van der Waals surface area contributed by atoms with Crippen LogP contribution in [0.5, 0.6) is 0 Å². The van der Waals surface area contributed by atoms with Crippen molar-refractivity contribution in [2.45, 2.75) is 0 Å². The van der Waals surface area contributed by atoms with Gasteiger partial charge in [-0.1, -0.05) is 140 Å². The fraction of sp³-hybridized carbons (Fsp3) is 0. The molecular formula is C43H26ClN3O. The average Bonchev–Trinajstić information content (AvgIpc) is 3.53. The molecule has 0 saturated heterocycles. The summed E-state index contributed by atoms with van der Waals surface area (Å²) in [5.74, 6) is 0.981. The van der Waals surface area contributed by atoms with Crippen molar-refractivity contribution in [2.24, 2.45) is 0 Å². The summed E-state index contributed by atoms with van der Waals surface area (Å²) >= 11 is 6.42. The molecule has 0 N–H and O–H groups in total. The Morgan fingerprint density at radius 2 is 1.08 bits per heavy atom. The van der Waals surface area contributed by atoms with Crippen LogP contribution in [0.4, 0.5) is 0 Å². The van der Waals surface area contributed by atoms with E-state index in [4.69, 9.17) is 21.0 Å². The quantitative estimate of drug-likeness (QED) is 0.189. The molecule has 0 fully saturated rings. The molecule has 0 spiro atoms. The van der Waals surface area contributed by atoms with E-state index in [1.54, 1.807) is 0 Å². The minimum Gasteiger partial charge on any atom is -0.455 e. The lowest BCUT2D eigenvalue weighted by Gasteiger charge is -2.17. The maximum Gasteiger partial charge on any atom is 0.226 e. The monoisotopic (exact) mass is 635 g/mol. The first-order valence-electron chi connectivity index (χ1n) is 15.8. The Kier molecular flexibility index (Phi) is 6.81. The molecule has 0 bridgehead atoms. The number of halogens is 1. The standard InChI is InChI=1S/C43H26ClN3O/c44-43-46-41(29-15-5-2-6-16-29)45-42(47-43)37-21-11-20-36-34-24-23-30(26-38(34)48-40(36)37)31-17-9-10-19-33(31)35-25-22-27-12-7-8-18-32(27)39(35)28-13-3-1-4-14-28/h1-26H. The Hall–Kier alpha value is -6.10. The van der Waals surface area contributed by atoms with Gasteiger partial charge < -0.3 is 4.42 Å². The van der Waals surface area contributed by atoms with Crippen LogP contribution < -0.4 is 0 Å². The van der Waals surface area contributed by atoms with Crippen molar-refractivity contribution in [1.82, 2.24) is 15.0 Å². The summed E-state index contributed by atoms with van der Waals surface area (Å²) in [6.07, 6.45) is 0. The van der Waals surface area contributed by atoms with E-state index in [0.717, 1.165) is 44.2 Å². The maximum absolute atomic E-state index is 6.64. The first kappa shape index (κ1) is 28.1. The van der Waals surface area contributed by atoms with Crippen molar-refractivity contribution in [1.29, 1.82) is 0 Å². The number of hydrogen-bond acceptors (Lipinski definition) is 4. The van der Waals surface area contributed by atoms with Gasteiger partial charge in [0, 0.05) is 16.3 Å². The van der Waals surface area contributed by atoms with Crippen LogP contribution in [-0.4, -0.2) is 15.0 Å². The number of hydrogen-bond donors (Lipinski definition) is 0. The summed E-state index contributed by atoms with van der Waals surface area (Å²) in [5, 5.41) is 4.58. The van der Waals surface area contributed by atoms with Crippen LogP contribution in [0.25, 0.3) is 88.9 Å². The van der Waals surface area contributed by atoms with E-state index in [0.29, 0.717) is 17.2 Å². The predicted molar refractivity (Wildman–Crippen MR) is 197 cm³/mol. The Balaban J connectivity index is 1.20. The minimum atomic E-state index is 0.134. The number of nitrogens with zero attached hydrogens (tertiary/aromatic N) is 3. The number of rotatable bonds is 5. The molecule has 2 aromatic heterocycles. The molecule has 7 aromatic carbocycles. The van der Waals surface area contributed by atoms with Crippen LogP contribution in [0, 0.1) is 0 Å². The molecule has 2 heterocycles. The average molecular weight is 636 g/mol. The van der Waals surface area contributed by atoms with E-state index in [1.807, 2.05) is 42.5 Å². The Morgan fingerprint density at radius 1 is 0.417 bits per heavy atom. The molecule has 226 valence electrons. The zero-order valence-corrected chi connectivity index (χ0v) is 26.4. The van der Waals surface area contributed by atoms with Crippen molar-refractivity contribution >= 4 is 44.3 Å². The van der Waals surface area contributed by atoms with Crippen molar-refractivity contribution in [3.8, 4) is 56.2 Å². The van der Waals surface area contributed by atoms with Crippen molar-refractivity contribution in [2.75, 3.05) is 0 Å². The summed E-state index contributed by atoms with van der Waals surface area (Å²) in [5.41, 5.74) is 10.1. The number of furan rings is 1. The predicted octanol–water partition coefficient (Wildman–Crippen LogP) is 11.9. The Labute approximate surface area is 282 Å². The zero-order valence-electron chi connectivity index (χ0n) is 25.6. The van der Waals surface area contributed by atoms with E-state index >= 15 is 0 Å². The van der Waals surface area contributed by atoms with Gasteiger partial charge in [0.15, 0.2) is 11.6 Å². The smallest absolute Gasteiger partial charge is 0.226 e. The van der Waals surface area contributed by atoms with Gasteiger partial charge in [0.1, 0.15) is 11.2 Å². The normalized spacial score (nSPS) is 11.4. The van der Waals surface area contributed by atoms with Gasteiger partial charge in [-0.15, -0.1) is 0 Å². The van der Waals surface area contributed by atoms with E-state index in [1.165, 1.54) is 27.5 Å². The van der Waals surface area contributed by atoms with Gasteiger partial charge in [0.2, 0.25) is 5.28 Å². The van der Waals surface area contributed by atoms with Crippen molar-refractivity contribution < 1.29 is 4.42 Å². The third kappa shape index (κ3) is 4.82. The van der Waals surface area contributed by atoms with E-state index in [2.05, 4.69) is 125 Å². The summed E-state index contributed by atoms with van der Waals surface area (Å²) in [7, 11) is 0. The maximum atomic E-state index is 6.64. The molecule has 4 nitrogen and oxygen atoms in total. The lowest BCUT2D eigenvalue weighted by molar-refractivity contribution is 0.669. The van der Waals surface area contributed by atoms with Crippen molar-refractivity contribution in [3.63, 3.8) is 0 Å². The van der Waals surface area contributed by atoms with Gasteiger partial charge in [-0.25, -0.2) is 4.98 Å². The van der Waals surface area contributed by atoms with Crippen LogP contribution in [0.2, 0.25) is 5.28 Å². The zero-order chi connectivity index (χ0) is 32.0. The molecule has 48 heavy (non-hydrogen) atoms. The fourth-order valence-electron chi connectivity index (χ4n) is 6.71. The lowest BCUT2D eigenvalue weighted by atomic mass is 9.86. The van der Waals surface area contributed by atoms with Crippen LogP contribution in [0.1, 0.15) is 0 Å². The van der Waals surface area contributed by atoms with Gasteiger partial charge >= 0.3 is 0 Å². The second kappa shape index (κ2) is 11.6. The highest BCUT2D eigenvalue weighted by molar-refractivity contribution is 6.28. The second-order valence-electron chi connectivity index (χ2n) is 11.7. The molecule has 0 aliphatic carbocycles. The van der Waals surface area contributed by atoms with E-state index in [9.17, 15) is 0 Å². The molecule has 0 atom stereocenters. The van der Waals surface area contributed by atoms with E-state index in [-0.39, 0.29) is 5.28 Å². The topological polar surface area (TPSA) is 51.8 Å². The molecule has 0 unspecified atom stereocenters. The van der Waals surface area contributed by atoms with Gasteiger partial charge in [-0.2, -0.15) is 9.97 Å². The summed E-state index contributed by atoms with van der Waals surface area (Å²) in [4.78, 5) is 13.7. The lowest BCUT2D eigenvalue weighted by Crippen LogP contribution is -1.97. The fourth-order valence-corrected chi connectivity index (χ4v) is 6.87. The first-order valence-corrected chi connectivity index (χ1v) is 16.2. The highest BCUT2D eigenvalue weighted by atomic mass is 35.5. The van der Waals surface area contributed by atoms with Crippen LogP contribution in [0.3, 0.4) is 0 Å². The van der Waals surface area contributed by atoms with Crippen LogP contribution >= 0.6 is 11.6 Å². The SMILES string of the molecule is Clc1nc(-c2ccccc2)nc(-c2cccc3c2oc2cc(-c4ccccc4-c4ccc5ccccc5c4-c4ccccc4)ccc23)n1. The van der Waals surface area contributed by atoms with Crippen molar-refractivity contribution in [3.05, 3.63) is 163 Å². The van der Waals surface area contributed by atoms with Crippen LogP contribution in [0.15, 0.2) is 162 Å². The highest BCUT2D eigenvalue weighted by Gasteiger charge is 2.19. The first-order chi connectivity index (χ1) is 23.7. The molecule has 9 rings (SSSR count). The molecule has 0 amide bonds. The van der Waals surface area contributed by atoms with Gasteiger partial charge in [0.25, 0.3) is 0 Å². The largest absolute Gasteiger partial charge is 0.455 e. The highest BCUT2D eigenvalue weighted by Crippen LogP contribution is 2.43. The number of fused-ring (bicyclic) bond motifs is 4. The summed E-state index contributed by atoms with van der Waals surface area (Å²) in [6, 6.07) is 54.6. The molecule has 9 aromatic rings. The van der Waals surface area contributed by atoms with Gasteiger partial charge in [0.05, 0.1) is 5.56 Å². The minimum absolute atomic E-state index is 0.134. The number of para-hydroxylation sites is 1. The van der Waals surface area contributed by atoms with Crippen LogP contribution in [-0.2, 0) is 0 Å². The molecule has 5 heteroatoms.